The summed E-state index contributed by atoms with van der Waals surface area (Å²) in [6.07, 6.45) is 1.92. The Morgan fingerprint density at radius 2 is 1.81 bits per heavy atom. The van der Waals surface area contributed by atoms with Crippen LogP contribution in [0, 0.1) is 9.81 Å². The number of pyridine rings is 1. The molecule has 1 fully saturated rings. The molecule has 1 aliphatic rings. The lowest BCUT2D eigenvalue weighted by molar-refractivity contribution is -0.145. The van der Waals surface area contributed by atoms with Crippen LogP contribution in [-0.4, -0.2) is 88.3 Å². The van der Waals surface area contributed by atoms with Gasteiger partial charge >= 0.3 is 5.97 Å². The Labute approximate surface area is 301 Å². The number of hydrogen-bond donors (Lipinski definition) is 1. The number of nitrogens with zero attached hydrogens (tertiary/aromatic N) is 5. The van der Waals surface area contributed by atoms with Crippen molar-refractivity contribution in [3.8, 4) is 28.5 Å². The number of likely N-dealkylation sites (N-methyl/N-ethyl adjacent to an activating group) is 1. The average molecular weight is 800 g/mol. The van der Waals surface area contributed by atoms with Crippen molar-refractivity contribution in [1.82, 2.24) is 24.8 Å². The van der Waals surface area contributed by atoms with Crippen LogP contribution in [0.3, 0.4) is 0 Å². The molecule has 6 rings (SSSR count). The van der Waals surface area contributed by atoms with Crippen molar-refractivity contribution in [2.75, 3.05) is 46.4 Å². The number of carbonyl (C=O) groups is 1. The van der Waals surface area contributed by atoms with Gasteiger partial charge in [0.25, 0.3) is 0 Å². The smallest absolute Gasteiger partial charge is 0.345 e. The molecule has 10 nitrogen and oxygen atoms in total. The van der Waals surface area contributed by atoms with E-state index < -0.39 is 12.1 Å². The van der Waals surface area contributed by atoms with E-state index in [1.165, 1.54) is 17.7 Å². The van der Waals surface area contributed by atoms with Crippen molar-refractivity contribution in [1.29, 1.82) is 0 Å². The number of rotatable bonds is 13. The number of halogens is 2. The zero-order valence-electron chi connectivity index (χ0n) is 26.6. The molecule has 0 radical (unpaired) electrons. The summed E-state index contributed by atoms with van der Waals surface area (Å²) < 4.78 is 19.3. The fraction of sp³-hybridized carbons (Fsp3) is 0.314. The predicted octanol–water partition coefficient (Wildman–Crippen LogP) is 6.60. The highest BCUT2D eigenvalue weighted by molar-refractivity contribution is 14.1. The van der Waals surface area contributed by atoms with Crippen molar-refractivity contribution >= 4 is 61.7 Å². The van der Waals surface area contributed by atoms with Crippen molar-refractivity contribution in [2.24, 2.45) is 0 Å². The van der Waals surface area contributed by atoms with Gasteiger partial charge in [-0.3, -0.25) is 9.88 Å². The fourth-order valence-corrected chi connectivity index (χ4v) is 7.85. The Balaban J connectivity index is 1.23. The maximum Gasteiger partial charge on any atom is 0.345 e. The van der Waals surface area contributed by atoms with Gasteiger partial charge in [-0.15, -0.1) is 11.3 Å². The summed E-state index contributed by atoms with van der Waals surface area (Å²) in [4.78, 5) is 31.2. The number of para-hydroxylation sites is 1. The van der Waals surface area contributed by atoms with Gasteiger partial charge in [-0.1, -0.05) is 41.9 Å². The number of ether oxygens (including phenoxy) is 3. The van der Waals surface area contributed by atoms with E-state index in [2.05, 4.69) is 54.4 Å². The van der Waals surface area contributed by atoms with Crippen LogP contribution in [0.4, 0.5) is 0 Å². The van der Waals surface area contributed by atoms with E-state index in [1.54, 1.807) is 6.20 Å². The van der Waals surface area contributed by atoms with Gasteiger partial charge in [0, 0.05) is 50.9 Å². The van der Waals surface area contributed by atoms with E-state index in [-0.39, 0.29) is 18.9 Å². The summed E-state index contributed by atoms with van der Waals surface area (Å²) in [6, 6.07) is 16.8. The lowest BCUT2D eigenvalue weighted by Gasteiger charge is -2.32. The molecule has 5 aromatic rings. The minimum absolute atomic E-state index is 0.0564. The minimum atomic E-state index is -1.24. The molecule has 0 amide bonds. The third-order valence-electron chi connectivity index (χ3n) is 8.30. The SMILES string of the molecule is Cc1c(-c2c(I)sc3ncnc(O[C@H](Cc4ccccc4OCc4ccccn4)C(=O)O)c23)ccc(OCCN2CCN(C)CC2)c1Cl. The number of carboxylic acids is 1. The van der Waals surface area contributed by atoms with Crippen LogP contribution in [0.25, 0.3) is 21.3 Å². The molecule has 250 valence electrons. The predicted molar refractivity (Wildman–Crippen MR) is 196 cm³/mol. The van der Waals surface area contributed by atoms with Gasteiger partial charge in [0.15, 0.2) is 0 Å². The largest absolute Gasteiger partial charge is 0.491 e. The van der Waals surface area contributed by atoms with Crippen molar-refractivity contribution < 1.29 is 24.1 Å². The molecule has 0 aliphatic carbocycles. The van der Waals surface area contributed by atoms with Crippen molar-refractivity contribution in [3.05, 3.63) is 91.8 Å². The molecule has 2 aromatic carbocycles. The second-order valence-corrected chi connectivity index (χ2v) is 14.7. The zero-order chi connectivity index (χ0) is 33.6. The Kier molecular flexibility index (Phi) is 11.3. The number of fused-ring (bicyclic) bond motifs is 1. The number of benzene rings is 2. The topological polar surface area (TPSA) is 110 Å². The first kappa shape index (κ1) is 34.3. The van der Waals surface area contributed by atoms with E-state index in [9.17, 15) is 9.90 Å². The number of thiophene rings is 1. The maximum absolute atomic E-state index is 12.6. The van der Waals surface area contributed by atoms with Gasteiger partial charge in [-0.05, 0) is 77.5 Å². The van der Waals surface area contributed by atoms with Crippen LogP contribution in [0.1, 0.15) is 16.8 Å². The van der Waals surface area contributed by atoms with Gasteiger partial charge in [0.1, 0.15) is 35.9 Å². The third-order valence-corrected chi connectivity index (χ3v) is 10.9. The molecule has 1 N–H and O–H groups in total. The highest BCUT2D eigenvalue weighted by Gasteiger charge is 2.27. The van der Waals surface area contributed by atoms with Crippen LogP contribution >= 0.6 is 45.5 Å². The quantitative estimate of drug-likeness (QED) is 0.131. The summed E-state index contributed by atoms with van der Waals surface area (Å²) in [5.74, 6) is 0.262. The Morgan fingerprint density at radius 3 is 2.58 bits per heavy atom. The van der Waals surface area contributed by atoms with Gasteiger partial charge in [0.05, 0.1) is 19.0 Å². The number of piperazine rings is 1. The molecular weight excluding hydrogens is 765 g/mol. The second kappa shape index (κ2) is 15.8. The number of aromatic nitrogens is 3. The Hall–Kier alpha value is -3.56. The molecule has 0 unspecified atom stereocenters. The molecule has 48 heavy (non-hydrogen) atoms. The van der Waals surface area contributed by atoms with Gasteiger partial charge in [-0.2, -0.15) is 0 Å². The fourth-order valence-electron chi connectivity index (χ4n) is 5.57. The summed E-state index contributed by atoms with van der Waals surface area (Å²) in [7, 11) is 2.14. The lowest BCUT2D eigenvalue weighted by atomic mass is 10.0. The molecule has 1 atom stereocenters. The molecule has 0 saturated carbocycles. The zero-order valence-corrected chi connectivity index (χ0v) is 30.3. The second-order valence-electron chi connectivity index (χ2n) is 11.5. The Bertz CT molecular complexity index is 1890. The summed E-state index contributed by atoms with van der Waals surface area (Å²) in [5.41, 5.74) is 4.02. The molecular formula is C35H35ClIN5O5S. The lowest BCUT2D eigenvalue weighted by Crippen LogP contribution is -2.45. The average Bonchev–Trinajstić information content (AvgIpc) is 3.43. The monoisotopic (exact) mass is 799 g/mol. The Morgan fingerprint density at radius 1 is 1.02 bits per heavy atom. The van der Waals surface area contributed by atoms with Crippen molar-refractivity contribution in [3.63, 3.8) is 0 Å². The van der Waals surface area contributed by atoms with Gasteiger partial charge < -0.3 is 24.2 Å². The highest BCUT2D eigenvalue weighted by Crippen LogP contribution is 2.46. The number of hydrogen-bond acceptors (Lipinski definition) is 10. The maximum atomic E-state index is 12.6. The first-order chi connectivity index (χ1) is 23.3. The summed E-state index contributed by atoms with van der Waals surface area (Å²) >= 11 is 10.7. The first-order valence-corrected chi connectivity index (χ1v) is 17.8. The molecule has 0 spiro atoms. The third kappa shape index (κ3) is 8.00. The molecule has 1 saturated heterocycles. The molecule has 3 aromatic heterocycles. The van der Waals surface area contributed by atoms with Gasteiger partial charge in [-0.25, -0.2) is 14.8 Å². The molecule has 1 aliphatic heterocycles. The molecule has 0 bridgehead atoms. The molecule has 13 heteroatoms. The van der Waals surface area contributed by atoms with E-state index in [4.69, 9.17) is 25.8 Å². The number of aliphatic carboxylic acids is 1. The van der Waals surface area contributed by atoms with E-state index in [0.717, 1.165) is 58.0 Å². The first-order valence-electron chi connectivity index (χ1n) is 15.5. The highest BCUT2D eigenvalue weighted by atomic mass is 127. The van der Waals surface area contributed by atoms with E-state index in [0.29, 0.717) is 38.9 Å². The van der Waals surface area contributed by atoms with Gasteiger partial charge in [0.2, 0.25) is 12.0 Å². The van der Waals surface area contributed by atoms with E-state index >= 15 is 0 Å². The van der Waals surface area contributed by atoms with Crippen LogP contribution in [-0.2, 0) is 17.8 Å². The van der Waals surface area contributed by atoms with Crippen LogP contribution in [0.2, 0.25) is 5.02 Å². The summed E-state index contributed by atoms with van der Waals surface area (Å²) in [5, 5.41) is 11.5. The van der Waals surface area contributed by atoms with Crippen molar-refractivity contribution in [2.45, 2.75) is 26.1 Å². The van der Waals surface area contributed by atoms with E-state index in [1.807, 2.05) is 61.5 Å². The number of carboxylic acid groups (broad SMARTS) is 1. The normalized spacial score (nSPS) is 14.6. The summed E-state index contributed by atoms with van der Waals surface area (Å²) in [6.45, 7) is 7.74. The van der Waals surface area contributed by atoms with Crippen LogP contribution < -0.4 is 14.2 Å². The standard InChI is InChI=1S/C35H35ClIN5O5S/c1-22-25(10-11-27(31(22)36)45-18-17-42-15-13-41(2)14-16-42)29-30-33(39-21-40-34(30)48-32(29)37)47-28(35(43)44)19-23-7-3-4-9-26(23)46-20-24-8-5-6-12-38-24/h3-12,21,28H,13-20H2,1-2H3,(H,43,44)/t28-/m1/s1. The molecule has 4 heterocycles. The van der Waals surface area contributed by atoms with Crippen LogP contribution in [0.15, 0.2) is 67.1 Å². The van der Waals surface area contributed by atoms with Crippen LogP contribution in [0.5, 0.6) is 17.4 Å². The minimum Gasteiger partial charge on any atom is -0.491 e.